The molecular weight excluding hydrogens is 342 g/mol. The quantitative estimate of drug-likeness (QED) is 0.648. The van der Waals surface area contributed by atoms with Crippen molar-refractivity contribution in [1.29, 1.82) is 0 Å². The second-order valence-electron chi connectivity index (χ2n) is 6.97. The molecule has 2 aromatic carbocycles. The van der Waals surface area contributed by atoms with E-state index in [1.165, 1.54) is 17.5 Å². The summed E-state index contributed by atoms with van der Waals surface area (Å²) in [5.41, 5.74) is 5.48. The molecule has 6 nitrogen and oxygen atoms in total. The van der Waals surface area contributed by atoms with Gasteiger partial charge in [0, 0.05) is 25.5 Å². The number of hydrogen-bond acceptors (Lipinski definition) is 5. The molecule has 1 unspecified atom stereocenters. The van der Waals surface area contributed by atoms with Crippen LogP contribution in [0.3, 0.4) is 0 Å². The molecule has 1 saturated heterocycles. The molecule has 2 heterocycles. The number of piperidine rings is 1. The summed E-state index contributed by atoms with van der Waals surface area (Å²) < 4.78 is 0. The molecule has 1 fully saturated rings. The summed E-state index contributed by atoms with van der Waals surface area (Å²) in [6.07, 6.45) is 3.44. The molecule has 27 heavy (non-hydrogen) atoms. The Morgan fingerprint density at radius 1 is 1.00 bits per heavy atom. The Labute approximate surface area is 156 Å². The van der Waals surface area contributed by atoms with Gasteiger partial charge in [-0.2, -0.15) is 0 Å². The Morgan fingerprint density at radius 2 is 1.56 bits per heavy atom. The Hall–Kier alpha value is -2.83. The third kappa shape index (κ3) is 3.54. The van der Waals surface area contributed by atoms with Crippen LogP contribution in [-0.2, 0) is 4.79 Å². The number of carbonyl (C=O) groups is 1. The zero-order valence-corrected chi connectivity index (χ0v) is 14.7. The van der Waals surface area contributed by atoms with Gasteiger partial charge in [0.15, 0.2) is 6.10 Å². The van der Waals surface area contributed by atoms with Gasteiger partial charge in [-0.05, 0) is 47.1 Å². The highest BCUT2D eigenvalue weighted by Gasteiger charge is 2.34. The molecule has 0 amide bonds. The van der Waals surface area contributed by atoms with Gasteiger partial charge in [-0.3, -0.25) is 9.97 Å². The van der Waals surface area contributed by atoms with Gasteiger partial charge in [0.05, 0.1) is 11.0 Å². The van der Waals surface area contributed by atoms with Crippen molar-refractivity contribution in [3.8, 4) is 0 Å². The van der Waals surface area contributed by atoms with E-state index in [-0.39, 0.29) is 0 Å². The summed E-state index contributed by atoms with van der Waals surface area (Å²) in [6.45, 7) is 2.24. The number of rotatable bonds is 2. The monoisotopic (exact) mass is 363 g/mol. The first-order valence-electron chi connectivity index (χ1n) is 9.04. The van der Waals surface area contributed by atoms with Crippen LogP contribution in [-0.4, -0.2) is 39.2 Å². The summed E-state index contributed by atoms with van der Waals surface area (Å²) in [5.74, 6) is 0.163. The first kappa shape index (κ1) is 17.6. The standard InChI is InChI=1S/C13H13N3.C8H8O3/c1-2-16-13-5-11-9-3-8(6-14-7-9)10(11)4-12(13)15-1;9-7(8(10)11)6-4-2-1-3-5-6/h1-2,4-5,8-9,14H,3,6-7H2;1-5,7,9H,(H,10,11)/t8-,9-;/m1./s1. The number of aliphatic carboxylic acids is 1. The second kappa shape index (κ2) is 7.42. The predicted molar refractivity (Wildman–Crippen MR) is 102 cm³/mol. The van der Waals surface area contributed by atoms with Gasteiger partial charge in [0.1, 0.15) is 0 Å². The summed E-state index contributed by atoms with van der Waals surface area (Å²) in [6, 6.07) is 12.8. The van der Waals surface area contributed by atoms with Crippen LogP contribution in [0.5, 0.6) is 0 Å². The van der Waals surface area contributed by atoms with Gasteiger partial charge >= 0.3 is 5.97 Å². The highest BCUT2D eigenvalue weighted by Crippen LogP contribution is 2.44. The number of carboxylic acids is 1. The van der Waals surface area contributed by atoms with E-state index < -0.39 is 12.1 Å². The van der Waals surface area contributed by atoms with Gasteiger partial charge in [-0.1, -0.05) is 30.3 Å². The average molecular weight is 363 g/mol. The predicted octanol–water partition coefficient (Wildman–Crippen LogP) is 2.61. The molecule has 138 valence electrons. The SMILES string of the molecule is O=C(O)C(O)c1ccccc1.c1cnc2cc3c(cc2n1)[C@H]1CNC[C@H]3C1. The van der Waals surface area contributed by atoms with Crippen LogP contribution in [0.4, 0.5) is 0 Å². The minimum absolute atomic E-state index is 0.403. The fourth-order valence-corrected chi connectivity index (χ4v) is 3.94. The minimum Gasteiger partial charge on any atom is -0.479 e. The van der Waals surface area contributed by atoms with Crippen LogP contribution in [0.15, 0.2) is 54.9 Å². The maximum Gasteiger partial charge on any atom is 0.337 e. The Bertz CT molecular complexity index is 913. The largest absolute Gasteiger partial charge is 0.479 e. The number of aliphatic hydroxyl groups excluding tert-OH is 1. The molecule has 2 aliphatic rings. The molecule has 6 heteroatoms. The van der Waals surface area contributed by atoms with Crippen molar-refractivity contribution in [2.75, 3.05) is 13.1 Å². The topological polar surface area (TPSA) is 95.3 Å². The molecule has 3 N–H and O–H groups in total. The maximum atomic E-state index is 10.2. The van der Waals surface area contributed by atoms with E-state index in [1.807, 2.05) is 0 Å². The lowest BCUT2D eigenvalue weighted by Gasteiger charge is -2.19. The van der Waals surface area contributed by atoms with Crippen LogP contribution >= 0.6 is 0 Å². The van der Waals surface area contributed by atoms with Crippen molar-refractivity contribution in [3.05, 3.63) is 71.5 Å². The Morgan fingerprint density at radius 3 is 2.07 bits per heavy atom. The van der Waals surface area contributed by atoms with E-state index in [2.05, 4.69) is 27.4 Å². The fraction of sp³-hybridized carbons (Fsp3) is 0.286. The lowest BCUT2D eigenvalue weighted by Crippen LogP contribution is -2.28. The molecule has 2 bridgehead atoms. The van der Waals surface area contributed by atoms with Gasteiger partial charge in [-0.15, -0.1) is 0 Å². The number of hydrogen-bond donors (Lipinski definition) is 3. The van der Waals surface area contributed by atoms with Crippen molar-refractivity contribution in [2.24, 2.45) is 0 Å². The number of nitrogens with zero attached hydrogens (tertiary/aromatic N) is 2. The summed E-state index contributed by atoms with van der Waals surface area (Å²) in [7, 11) is 0. The number of carboxylic acid groups (broad SMARTS) is 1. The molecule has 1 aromatic heterocycles. The third-order valence-corrected chi connectivity index (χ3v) is 5.25. The normalized spacial score (nSPS) is 21.1. The van der Waals surface area contributed by atoms with Crippen LogP contribution < -0.4 is 5.32 Å². The maximum absolute atomic E-state index is 10.2. The lowest BCUT2D eigenvalue weighted by atomic mass is 9.98. The Kier molecular flexibility index (Phi) is 4.83. The summed E-state index contributed by atoms with van der Waals surface area (Å²) >= 11 is 0. The smallest absolute Gasteiger partial charge is 0.337 e. The highest BCUT2D eigenvalue weighted by molar-refractivity contribution is 5.77. The number of nitrogens with one attached hydrogen (secondary N) is 1. The van der Waals surface area contributed by atoms with Crippen molar-refractivity contribution >= 4 is 17.0 Å². The van der Waals surface area contributed by atoms with E-state index in [4.69, 9.17) is 10.2 Å². The zero-order valence-electron chi connectivity index (χ0n) is 14.7. The van der Waals surface area contributed by atoms with Crippen LogP contribution in [0.25, 0.3) is 11.0 Å². The first-order valence-corrected chi connectivity index (χ1v) is 9.04. The zero-order chi connectivity index (χ0) is 18.8. The van der Waals surface area contributed by atoms with Gasteiger partial charge < -0.3 is 15.5 Å². The van der Waals surface area contributed by atoms with Crippen LogP contribution in [0.2, 0.25) is 0 Å². The van der Waals surface area contributed by atoms with E-state index in [1.54, 1.807) is 42.7 Å². The third-order valence-electron chi connectivity index (χ3n) is 5.25. The van der Waals surface area contributed by atoms with Crippen molar-refractivity contribution < 1.29 is 15.0 Å². The molecule has 0 saturated carbocycles. The van der Waals surface area contributed by atoms with E-state index in [9.17, 15) is 4.79 Å². The first-order chi connectivity index (χ1) is 13.1. The molecular formula is C21H21N3O3. The van der Waals surface area contributed by atoms with Crippen molar-refractivity contribution in [3.63, 3.8) is 0 Å². The molecule has 0 spiro atoms. The van der Waals surface area contributed by atoms with Gasteiger partial charge in [0.2, 0.25) is 0 Å². The van der Waals surface area contributed by atoms with Gasteiger partial charge in [-0.25, -0.2) is 4.79 Å². The van der Waals surface area contributed by atoms with Crippen molar-refractivity contribution in [1.82, 2.24) is 15.3 Å². The van der Waals surface area contributed by atoms with E-state index >= 15 is 0 Å². The number of fused-ring (bicyclic) bond motifs is 6. The fourth-order valence-electron chi connectivity index (χ4n) is 3.94. The highest BCUT2D eigenvalue weighted by atomic mass is 16.4. The molecule has 3 aromatic rings. The number of aliphatic hydroxyl groups is 1. The summed E-state index contributed by atoms with van der Waals surface area (Å²) in [5, 5.41) is 20.9. The molecule has 1 aliphatic carbocycles. The molecule has 5 rings (SSSR count). The molecule has 1 aliphatic heterocycles. The summed E-state index contributed by atoms with van der Waals surface area (Å²) in [4.78, 5) is 19.0. The average Bonchev–Trinajstić information content (AvgIpc) is 2.96. The van der Waals surface area contributed by atoms with E-state index in [0.717, 1.165) is 24.1 Å². The Balaban J connectivity index is 0.000000145. The van der Waals surface area contributed by atoms with Gasteiger partial charge in [0.25, 0.3) is 0 Å². The molecule has 3 atom stereocenters. The number of aromatic nitrogens is 2. The van der Waals surface area contributed by atoms with Crippen LogP contribution in [0.1, 0.15) is 41.1 Å². The lowest BCUT2D eigenvalue weighted by molar-refractivity contribution is -0.146. The minimum atomic E-state index is -1.41. The number of benzene rings is 2. The second-order valence-corrected chi connectivity index (χ2v) is 6.97. The molecule has 0 radical (unpaired) electrons. The van der Waals surface area contributed by atoms with E-state index in [0.29, 0.717) is 17.4 Å². The van der Waals surface area contributed by atoms with Crippen molar-refractivity contribution in [2.45, 2.75) is 24.4 Å². The van der Waals surface area contributed by atoms with Crippen LogP contribution in [0, 0.1) is 0 Å².